The lowest BCUT2D eigenvalue weighted by atomic mass is 10.3. The third-order valence-electron chi connectivity index (χ3n) is 2.92. The van der Waals surface area contributed by atoms with Crippen molar-refractivity contribution in [3.63, 3.8) is 0 Å². The number of fused-ring (bicyclic) bond motifs is 1. The maximum Gasteiger partial charge on any atom is 0.203 e. The monoisotopic (exact) mass is 203 g/mol. The first-order valence-corrected chi connectivity index (χ1v) is 5.12. The van der Waals surface area contributed by atoms with E-state index >= 15 is 0 Å². The van der Waals surface area contributed by atoms with Gasteiger partial charge in [-0.1, -0.05) is 0 Å². The van der Waals surface area contributed by atoms with E-state index < -0.39 is 0 Å². The second-order valence-corrected chi connectivity index (χ2v) is 4.40. The van der Waals surface area contributed by atoms with Crippen LogP contribution < -0.4 is 5.32 Å². The summed E-state index contributed by atoms with van der Waals surface area (Å²) >= 11 is 0. The Balaban J connectivity index is 2.09. The summed E-state index contributed by atoms with van der Waals surface area (Å²) < 4.78 is 1.95. The molecule has 0 aliphatic heterocycles. The molecule has 78 valence electrons. The Morgan fingerprint density at radius 1 is 1.40 bits per heavy atom. The first-order valence-electron chi connectivity index (χ1n) is 5.12. The molecule has 0 aromatic carbocycles. The molecule has 5 nitrogen and oxygen atoms in total. The zero-order valence-corrected chi connectivity index (χ0v) is 8.86. The predicted molar refractivity (Wildman–Crippen MR) is 56.8 cm³/mol. The lowest BCUT2D eigenvalue weighted by molar-refractivity contribution is 0.819. The summed E-state index contributed by atoms with van der Waals surface area (Å²) in [5.41, 5.74) is 1.03. The Labute approximate surface area is 87.5 Å². The summed E-state index contributed by atoms with van der Waals surface area (Å²) in [5, 5.41) is 11.6. The van der Waals surface area contributed by atoms with Crippen LogP contribution in [0.1, 0.15) is 25.6 Å². The predicted octanol–water partition coefficient (Wildman–Crippen LogP) is 1.40. The van der Waals surface area contributed by atoms with Crippen LogP contribution in [0.3, 0.4) is 0 Å². The Hall–Kier alpha value is -1.65. The summed E-state index contributed by atoms with van der Waals surface area (Å²) in [6.45, 7) is 4.13. The molecule has 1 N–H and O–H groups in total. The second-order valence-electron chi connectivity index (χ2n) is 4.40. The molecule has 0 bridgehead atoms. The average Bonchev–Trinajstić information content (AvgIpc) is 2.81. The number of aryl methyl sites for hydroxylation is 1. The van der Waals surface area contributed by atoms with Crippen LogP contribution >= 0.6 is 0 Å². The van der Waals surface area contributed by atoms with Gasteiger partial charge >= 0.3 is 0 Å². The molecule has 0 amide bonds. The Morgan fingerprint density at radius 3 is 2.93 bits per heavy atom. The first-order chi connectivity index (χ1) is 7.18. The molecule has 1 aliphatic rings. The van der Waals surface area contributed by atoms with Crippen molar-refractivity contribution in [1.82, 2.24) is 19.6 Å². The molecule has 2 heterocycles. The maximum atomic E-state index is 4.31. The first kappa shape index (κ1) is 8.64. The van der Waals surface area contributed by atoms with Crippen LogP contribution in [-0.2, 0) is 0 Å². The van der Waals surface area contributed by atoms with Gasteiger partial charge in [0.25, 0.3) is 0 Å². The molecular formula is C10H13N5. The van der Waals surface area contributed by atoms with E-state index in [0.29, 0.717) is 0 Å². The van der Waals surface area contributed by atoms with Crippen LogP contribution in [0.4, 0.5) is 5.82 Å². The fourth-order valence-corrected chi connectivity index (χ4v) is 1.63. The molecule has 0 unspecified atom stereocenters. The normalized spacial score (nSPS) is 18.0. The average molecular weight is 203 g/mol. The highest BCUT2D eigenvalue weighted by Gasteiger charge is 2.38. The standard InChI is InChI=1S/C10H13N5/c1-7-13-14-9-8(11-5-6-15(7)9)12-10(2)3-4-10/h5-6H,3-4H2,1-2H3,(H,11,12). The minimum Gasteiger partial charge on any atom is -0.362 e. The van der Waals surface area contributed by atoms with Crippen molar-refractivity contribution in [3.8, 4) is 0 Å². The van der Waals surface area contributed by atoms with Crippen molar-refractivity contribution >= 4 is 11.5 Å². The Kier molecular flexibility index (Phi) is 1.55. The minimum atomic E-state index is 0.217. The van der Waals surface area contributed by atoms with Crippen LogP contribution in [0.25, 0.3) is 5.65 Å². The molecule has 2 aromatic rings. The van der Waals surface area contributed by atoms with Gasteiger partial charge in [-0.25, -0.2) is 4.98 Å². The molecule has 0 spiro atoms. The minimum absolute atomic E-state index is 0.217. The smallest absolute Gasteiger partial charge is 0.203 e. The third kappa shape index (κ3) is 1.35. The molecule has 0 atom stereocenters. The van der Waals surface area contributed by atoms with Crippen molar-refractivity contribution in [2.24, 2.45) is 0 Å². The molecule has 1 fully saturated rings. The summed E-state index contributed by atoms with van der Waals surface area (Å²) in [6.07, 6.45) is 6.05. The van der Waals surface area contributed by atoms with Crippen LogP contribution in [0.2, 0.25) is 0 Å². The number of nitrogens with zero attached hydrogens (tertiary/aromatic N) is 4. The molecule has 1 saturated carbocycles. The number of anilines is 1. The summed E-state index contributed by atoms with van der Waals surface area (Å²) in [5.74, 6) is 1.72. The van der Waals surface area contributed by atoms with Gasteiger partial charge in [-0.2, -0.15) is 0 Å². The number of hydrogen-bond donors (Lipinski definition) is 1. The van der Waals surface area contributed by atoms with Crippen LogP contribution in [-0.4, -0.2) is 25.1 Å². The van der Waals surface area contributed by atoms with Crippen molar-refractivity contribution in [2.45, 2.75) is 32.2 Å². The fraction of sp³-hybridized carbons (Fsp3) is 0.500. The molecule has 3 rings (SSSR count). The van der Waals surface area contributed by atoms with E-state index in [1.54, 1.807) is 6.20 Å². The molecule has 1 aliphatic carbocycles. The van der Waals surface area contributed by atoms with Crippen LogP contribution in [0, 0.1) is 6.92 Å². The topological polar surface area (TPSA) is 55.1 Å². The molecule has 0 radical (unpaired) electrons. The number of rotatable bonds is 2. The zero-order valence-electron chi connectivity index (χ0n) is 8.86. The second kappa shape index (κ2) is 2.68. The summed E-state index contributed by atoms with van der Waals surface area (Å²) in [6, 6.07) is 0. The lowest BCUT2D eigenvalue weighted by Gasteiger charge is -2.11. The molecule has 0 saturated heterocycles. The van der Waals surface area contributed by atoms with E-state index in [-0.39, 0.29) is 5.54 Å². The number of aromatic nitrogens is 4. The highest BCUT2D eigenvalue weighted by molar-refractivity contribution is 5.63. The van der Waals surface area contributed by atoms with Gasteiger partial charge in [0, 0.05) is 17.9 Å². The van der Waals surface area contributed by atoms with Gasteiger partial charge in [0.05, 0.1) is 0 Å². The molecule has 15 heavy (non-hydrogen) atoms. The van der Waals surface area contributed by atoms with E-state index in [0.717, 1.165) is 17.3 Å². The SMILES string of the molecule is Cc1nnc2c(NC3(C)CC3)nccn12. The van der Waals surface area contributed by atoms with E-state index in [9.17, 15) is 0 Å². The van der Waals surface area contributed by atoms with Gasteiger partial charge in [-0.3, -0.25) is 4.40 Å². The van der Waals surface area contributed by atoms with Gasteiger partial charge < -0.3 is 5.32 Å². The summed E-state index contributed by atoms with van der Waals surface area (Å²) in [4.78, 5) is 4.31. The van der Waals surface area contributed by atoms with E-state index in [4.69, 9.17) is 0 Å². The van der Waals surface area contributed by atoms with Crippen molar-refractivity contribution in [2.75, 3.05) is 5.32 Å². The molecular weight excluding hydrogens is 190 g/mol. The highest BCUT2D eigenvalue weighted by Crippen LogP contribution is 2.38. The molecule has 5 heteroatoms. The van der Waals surface area contributed by atoms with Crippen molar-refractivity contribution in [3.05, 3.63) is 18.2 Å². The van der Waals surface area contributed by atoms with E-state index in [1.165, 1.54) is 12.8 Å². The number of hydrogen-bond acceptors (Lipinski definition) is 4. The van der Waals surface area contributed by atoms with E-state index in [2.05, 4.69) is 27.4 Å². The maximum absolute atomic E-state index is 4.31. The third-order valence-corrected chi connectivity index (χ3v) is 2.92. The summed E-state index contributed by atoms with van der Waals surface area (Å²) in [7, 11) is 0. The largest absolute Gasteiger partial charge is 0.362 e. The van der Waals surface area contributed by atoms with Gasteiger partial charge in [-0.15, -0.1) is 10.2 Å². The van der Waals surface area contributed by atoms with Gasteiger partial charge in [0.15, 0.2) is 5.82 Å². The van der Waals surface area contributed by atoms with E-state index in [1.807, 2.05) is 17.5 Å². The fourth-order valence-electron chi connectivity index (χ4n) is 1.63. The van der Waals surface area contributed by atoms with Crippen molar-refractivity contribution in [1.29, 1.82) is 0 Å². The molecule has 2 aromatic heterocycles. The number of nitrogens with one attached hydrogen (secondary N) is 1. The van der Waals surface area contributed by atoms with Crippen LogP contribution in [0.5, 0.6) is 0 Å². The Morgan fingerprint density at radius 2 is 2.20 bits per heavy atom. The van der Waals surface area contributed by atoms with Gasteiger partial charge in [0.2, 0.25) is 5.65 Å². The Bertz CT molecular complexity index is 512. The lowest BCUT2D eigenvalue weighted by Crippen LogP contribution is -2.17. The quantitative estimate of drug-likeness (QED) is 0.801. The highest BCUT2D eigenvalue weighted by atomic mass is 15.3. The zero-order chi connectivity index (χ0) is 10.5. The van der Waals surface area contributed by atoms with Crippen molar-refractivity contribution < 1.29 is 0 Å². The van der Waals surface area contributed by atoms with Gasteiger partial charge in [-0.05, 0) is 26.7 Å². The van der Waals surface area contributed by atoms with Crippen LogP contribution in [0.15, 0.2) is 12.4 Å². The van der Waals surface area contributed by atoms with Gasteiger partial charge in [0.1, 0.15) is 5.82 Å².